The van der Waals surface area contributed by atoms with Gasteiger partial charge < -0.3 is 5.32 Å². The SMILES string of the molecule is CC[C@H](C)n1c(SCC(=O)NC(=O)NC(C)(C)C)nc2ccccc2c1=O. The number of hydrogen-bond donors (Lipinski definition) is 2. The number of aromatic nitrogens is 2. The average Bonchev–Trinajstić information content (AvgIpc) is 2.57. The van der Waals surface area contributed by atoms with Gasteiger partial charge in [-0.3, -0.25) is 19.5 Å². The molecule has 146 valence electrons. The molecular weight excluding hydrogens is 364 g/mol. The predicted octanol–water partition coefficient (Wildman–Crippen LogP) is 3.08. The van der Waals surface area contributed by atoms with Crippen molar-refractivity contribution in [1.82, 2.24) is 20.2 Å². The van der Waals surface area contributed by atoms with Crippen LogP contribution in [0.5, 0.6) is 0 Å². The molecule has 0 spiro atoms. The van der Waals surface area contributed by atoms with Crippen molar-refractivity contribution in [2.75, 3.05) is 5.75 Å². The molecule has 1 aromatic heterocycles. The zero-order valence-corrected chi connectivity index (χ0v) is 17.1. The maximum atomic E-state index is 12.9. The lowest BCUT2D eigenvalue weighted by Gasteiger charge is -2.20. The van der Waals surface area contributed by atoms with Gasteiger partial charge in [0.15, 0.2) is 5.16 Å². The van der Waals surface area contributed by atoms with Crippen molar-refractivity contribution in [1.29, 1.82) is 0 Å². The number of nitrogens with zero attached hydrogens (tertiary/aromatic N) is 2. The van der Waals surface area contributed by atoms with E-state index in [4.69, 9.17) is 0 Å². The van der Waals surface area contributed by atoms with Crippen LogP contribution in [-0.4, -0.2) is 32.8 Å². The molecule has 0 unspecified atom stereocenters. The summed E-state index contributed by atoms with van der Waals surface area (Å²) in [6.45, 7) is 9.42. The lowest BCUT2D eigenvalue weighted by molar-refractivity contribution is -0.117. The Morgan fingerprint density at radius 2 is 1.93 bits per heavy atom. The largest absolute Gasteiger partial charge is 0.333 e. The number of benzene rings is 1. The Kier molecular flexibility index (Phi) is 6.64. The van der Waals surface area contributed by atoms with Gasteiger partial charge in [-0.05, 0) is 46.2 Å². The maximum Gasteiger partial charge on any atom is 0.321 e. The van der Waals surface area contributed by atoms with E-state index < -0.39 is 17.5 Å². The summed E-state index contributed by atoms with van der Waals surface area (Å²) in [4.78, 5) is 41.3. The van der Waals surface area contributed by atoms with Crippen LogP contribution in [0.3, 0.4) is 0 Å². The van der Waals surface area contributed by atoms with Crippen LogP contribution >= 0.6 is 11.8 Å². The molecule has 8 heteroatoms. The summed E-state index contributed by atoms with van der Waals surface area (Å²) < 4.78 is 1.62. The number of fused-ring (bicyclic) bond motifs is 1. The minimum absolute atomic E-state index is 0.0151. The number of thioether (sulfide) groups is 1. The Bertz CT molecular complexity index is 902. The van der Waals surface area contributed by atoms with E-state index in [9.17, 15) is 14.4 Å². The molecule has 0 aliphatic rings. The molecule has 0 bridgehead atoms. The van der Waals surface area contributed by atoms with Crippen LogP contribution in [0.2, 0.25) is 0 Å². The first kappa shape index (κ1) is 21.0. The fourth-order valence-corrected chi connectivity index (χ4v) is 3.36. The molecule has 1 atom stereocenters. The van der Waals surface area contributed by atoms with Crippen molar-refractivity contribution in [3.8, 4) is 0 Å². The Hall–Kier alpha value is -2.35. The molecule has 0 fully saturated rings. The van der Waals surface area contributed by atoms with Crippen LogP contribution in [0.1, 0.15) is 47.1 Å². The topological polar surface area (TPSA) is 93.1 Å². The van der Waals surface area contributed by atoms with Crippen LogP contribution in [0.25, 0.3) is 10.9 Å². The standard InChI is InChI=1S/C19H26N4O3S/c1-6-12(2)23-16(25)13-9-7-8-10-14(13)20-18(23)27-11-15(24)21-17(26)22-19(3,4)5/h7-10,12H,6,11H2,1-5H3,(H2,21,22,24,26)/t12-/m0/s1. The van der Waals surface area contributed by atoms with Crippen LogP contribution in [0.4, 0.5) is 4.79 Å². The molecule has 27 heavy (non-hydrogen) atoms. The summed E-state index contributed by atoms with van der Waals surface area (Å²) >= 11 is 1.15. The first-order valence-electron chi connectivity index (χ1n) is 8.88. The monoisotopic (exact) mass is 390 g/mol. The van der Waals surface area contributed by atoms with Gasteiger partial charge in [-0.2, -0.15) is 0 Å². The summed E-state index contributed by atoms with van der Waals surface area (Å²) in [5, 5.41) is 5.99. The smallest absolute Gasteiger partial charge is 0.321 e. The van der Waals surface area contributed by atoms with Crippen molar-refractivity contribution >= 4 is 34.6 Å². The third-order valence-corrected chi connectivity index (χ3v) is 4.83. The molecule has 0 aliphatic heterocycles. The second kappa shape index (κ2) is 8.56. The second-order valence-electron chi connectivity index (χ2n) is 7.38. The zero-order valence-electron chi connectivity index (χ0n) is 16.3. The van der Waals surface area contributed by atoms with Gasteiger partial charge in [0.2, 0.25) is 5.91 Å². The quantitative estimate of drug-likeness (QED) is 0.604. The highest BCUT2D eigenvalue weighted by molar-refractivity contribution is 7.99. The van der Waals surface area contributed by atoms with Gasteiger partial charge in [0.1, 0.15) is 0 Å². The number of rotatable bonds is 5. The molecule has 2 N–H and O–H groups in total. The summed E-state index contributed by atoms with van der Waals surface area (Å²) in [6, 6.07) is 6.56. The first-order chi connectivity index (χ1) is 12.6. The third kappa shape index (κ3) is 5.56. The average molecular weight is 391 g/mol. The molecule has 0 radical (unpaired) electrons. The van der Waals surface area contributed by atoms with Crippen molar-refractivity contribution in [3.63, 3.8) is 0 Å². The summed E-state index contributed by atoms with van der Waals surface area (Å²) in [5.74, 6) is -0.460. The fraction of sp³-hybridized carbons (Fsp3) is 0.474. The van der Waals surface area contributed by atoms with Gasteiger partial charge in [0, 0.05) is 11.6 Å². The highest BCUT2D eigenvalue weighted by Gasteiger charge is 2.19. The number of urea groups is 1. The predicted molar refractivity (Wildman–Crippen MR) is 108 cm³/mol. The number of carbonyl (C=O) groups excluding carboxylic acids is 2. The van der Waals surface area contributed by atoms with Crippen LogP contribution in [0.15, 0.2) is 34.2 Å². The fourth-order valence-electron chi connectivity index (χ4n) is 2.46. The van der Waals surface area contributed by atoms with Gasteiger partial charge in [-0.15, -0.1) is 0 Å². The molecular formula is C19H26N4O3S. The number of imide groups is 1. The van der Waals surface area contributed by atoms with Gasteiger partial charge in [0.05, 0.1) is 16.7 Å². The number of nitrogens with one attached hydrogen (secondary N) is 2. The van der Waals surface area contributed by atoms with E-state index in [1.807, 2.05) is 40.7 Å². The minimum atomic E-state index is -0.543. The lowest BCUT2D eigenvalue weighted by Crippen LogP contribution is -2.48. The molecule has 0 aliphatic carbocycles. The van der Waals surface area contributed by atoms with E-state index in [1.165, 1.54) is 0 Å². The van der Waals surface area contributed by atoms with Crippen molar-refractivity contribution in [3.05, 3.63) is 34.6 Å². The first-order valence-corrected chi connectivity index (χ1v) is 9.87. The van der Waals surface area contributed by atoms with Gasteiger partial charge in [-0.25, -0.2) is 9.78 Å². The van der Waals surface area contributed by atoms with E-state index in [0.29, 0.717) is 16.1 Å². The lowest BCUT2D eigenvalue weighted by atomic mass is 10.1. The summed E-state index contributed by atoms with van der Waals surface area (Å²) in [5.41, 5.74) is 0.0350. The zero-order chi connectivity index (χ0) is 20.2. The normalized spacial score (nSPS) is 12.6. The Balaban J connectivity index is 2.21. The molecule has 0 saturated carbocycles. The minimum Gasteiger partial charge on any atom is -0.333 e. The highest BCUT2D eigenvalue weighted by atomic mass is 32.2. The van der Waals surface area contributed by atoms with Gasteiger partial charge in [0.25, 0.3) is 5.56 Å². The molecule has 1 aromatic carbocycles. The summed E-state index contributed by atoms with van der Waals surface area (Å²) in [6.07, 6.45) is 0.758. The number of amides is 3. The van der Waals surface area contributed by atoms with E-state index in [-0.39, 0.29) is 17.4 Å². The maximum absolute atomic E-state index is 12.9. The molecule has 7 nitrogen and oxygen atoms in total. The van der Waals surface area contributed by atoms with E-state index in [1.54, 1.807) is 22.8 Å². The summed E-state index contributed by atoms with van der Waals surface area (Å²) in [7, 11) is 0. The Labute approximate surface area is 162 Å². The van der Waals surface area contributed by atoms with Crippen molar-refractivity contribution < 1.29 is 9.59 Å². The number of carbonyl (C=O) groups is 2. The van der Waals surface area contributed by atoms with E-state index in [2.05, 4.69) is 15.6 Å². The Morgan fingerprint density at radius 3 is 2.56 bits per heavy atom. The van der Waals surface area contributed by atoms with Gasteiger partial charge in [-0.1, -0.05) is 30.8 Å². The van der Waals surface area contributed by atoms with Crippen LogP contribution < -0.4 is 16.2 Å². The van der Waals surface area contributed by atoms with Crippen molar-refractivity contribution in [2.45, 2.75) is 57.8 Å². The highest BCUT2D eigenvalue weighted by Crippen LogP contribution is 2.22. The number of hydrogen-bond acceptors (Lipinski definition) is 5. The van der Waals surface area contributed by atoms with E-state index >= 15 is 0 Å². The second-order valence-corrected chi connectivity index (χ2v) is 8.33. The molecule has 3 amide bonds. The molecule has 2 aromatic rings. The van der Waals surface area contributed by atoms with Crippen molar-refractivity contribution in [2.24, 2.45) is 0 Å². The van der Waals surface area contributed by atoms with Crippen LogP contribution in [0, 0.1) is 0 Å². The third-order valence-electron chi connectivity index (χ3n) is 3.88. The molecule has 0 saturated heterocycles. The van der Waals surface area contributed by atoms with Gasteiger partial charge >= 0.3 is 6.03 Å². The van der Waals surface area contributed by atoms with Crippen LogP contribution in [-0.2, 0) is 4.79 Å². The van der Waals surface area contributed by atoms with E-state index in [0.717, 1.165) is 18.2 Å². The number of para-hydroxylation sites is 1. The molecule has 2 rings (SSSR count). The molecule has 1 heterocycles. The Morgan fingerprint density at radius 1 is 1.26 bits per heavy atom.